The lowest BCUT2D eigenvalue weighted by molar-refractivity contribution is 0.306. The molecule has 0 spiro atoms. The second kappa shape index (κ2) is 19.5. The van der Waals surface area contributed by atoms with Crippen LogP contribution in [-0.2, 0) is 13.0 Å². The molecule has 0 N–H and O–H groups in total. The van der Waals surface area contributed by atoms with Crippen LogP contribution in [-0.4, -0.2) is 22.8 Å². The maximum atomic E-state index is 6.70. The van der Waals surface area contributed by atoms with E-state index >= 15 is 0 Å². The van der Waals surface area contributed by atoms with Gasteiger partial charge in [0.15, 0.2) is 0 Å². The normalized spacial score (nSPS) is 12.7. The number of anilines is 3. The van der Waals surface area contributed by atoms with Gasteiger partial charge in [0, 0.05) is 35.3 Å². The molecule has 1 aliphatic heterocycles. The van der Waals surface area contributed by atoms with Crippen LogP contribution in [0.2, 0.25) is 0 Å². The summed E-state index contributed by atoms with van der Waals surface area (Å²) in [5.41, 5.74) is 19.3. The summed E-state index contributed by atoms with van der Waals surface area (Å²) in [6, 6.07) is 60.0. The highest BCUT2D eigenvalue weighted by Gasteiger charge is 2.27. The van der Waals surface area contributed by atoms with Gasteiger partial charge in [-0.3, -0.25) is 4.57 Å². The van der Waals surface area contributed by atoms with Crippen LogP contribution in [0, 0.1) is 0 Å². The lowest BCUT2D eigenvalue weighted by Gasteiger charge is -2.23. The van der Waals surface area contributed by atoms with Crippen molar-refractivity contribution in [2.24, 2.45) is 0 Å². The first-order chi connectivity index (χ1) is 33.5. The molecule has 0 amide bonds. The largest absolute Gasteiger partial charge is 0.489 e. The summed E-state index contributed by atoms with van der Waals surface area (Å²) in [4.78, 5) is 10.1. The Labute approximate surface area is 410 Å². The van der Waals surface area contributed by atoms with Gasteiger partial charge in [0.05, 0.1) is 29.1 Å². The van der Waals surface area contributed by atoms with E-state index < -0.39 is 0 Å². The van der Waals surface area contributed by atoms with Crippen molar-refractivity contribution >= 4 is 38.9 Å². The molecule has 0 atom stereocenters. The Morgan fingerprint density at radius 2 is 1.25 bits per heavy atom. The summed E-state index contributed by atoms with van der Waals surface area (Å²) in [7, 11) is 0. The number of ether oxygens (including phenoxy) is 1. The highest BCUT2D eigenvalue weighted by Crippen LogP contribution is 2.43. The molecule has 69 heavy (non-hydrogen) atoms. The first-order valence-electron chi connectivity index (χ1n) is 25.2. The van der Waals surface area contributed by atoms with E-state index in [1.807, 2.05) is 6.20 Å². The number of benzene rings is 7. The Kier molecular flexibility index (Phi) is 12.9. The van der Waals surface area contributed by atoms with Crippen molar-refractivity contribution < 1.29 is 4.74 Å². The van der Waals surface area contributed by atoms with Crippen molar-refractivity contribution in [1.29, 1.82) is 0 Å². The van der Waals surface area contributed by atoms with E-state index in [4.69, 9.17) is 9.72 Å². The molecule has 9 aromatic rings. The Balaban J connectivity index is 0.904. The number of pyridine rings is 1. The molecule has 0 saturated carbocycles. The third-order valence-corrected chi connectivity index (χ3v) is 14.3. The van der Waals surface area contributed by atoms with Gasteiger partial charge in [-0.2, -0.15) is 0 Å². The van der Waals surface area contributed by atoms with Crippen LogP contribution >= 0.6 is 0 Å². The first-order valence-corrected chi connectivity index (χ1v) is 25.2. The number of para-hydroxylation sites is 3. The molecule has 3 heterocycles. The molecule has 0 saturated heterocycles. The van der Waals surface area contributed by atoms with Crippen LogP contribution in [0.25, 0.3) is 49.9 Å². The van der Waals surface area contributed by atoms with Crippen molar-refractivity contribution in [2.75, 3.05) is 23.0 Å². The van der Waals surface area contributed by atoms with Gasteiger partial charge in [0.1, 0.15) is 18.2 Å². The van der Waals surface area contributed by atoms with Crippen molar-refractivity contribution in [1.82, 2.24) is 9.55 Å². The molecule has 10 rings (SSSR count). The summed E-state index contributed by atoms with van der Waals surface area (Å²) in [5, 5.41) is 2.38. The maximum absolute atomic E-state index is 6.70. The Bertz CT molecular complexity index is 3240. The zero-order chi connectivity index (χ0) is 47.8. The topological polar surface area (TPSA) is 33.5 Å². The Morgan fingerprint density at radius 3 is 2.00 bits per heavy atom. The summed E-state index contributed by atoms with van der Waals surface area (Å²) < 4.78 is 9.02. The van der Waals surface area contributed by atoms with Crippen molar-refractivity contribution in [2.45, 2.75) is 98.5 Å². The van der Waals surface area contributed by atoms with Gasteiger partial charge in [-0.05, 0) is 147 Å². The fourth-order valence-electron chi connectivity index (χ4n) is 10.7. The third kappa shape index (κ3) is 9.03. The molecule has 7 aromatic carbocycles. The van der Waals surface area contributed by atoms with Crippen LogP contribution < -0.4 is 14.5 Å². The molecule has 0 fully saturated rings. The second-order valence-corrected chi connectivity index (χ2v) is 20.3. The second-order valence-electron chi connectivity index (χ2n) is 20.3. The van der Waals surface area contributed by atoms with Gasteiger partial charge >= 0.3 is 0 Å². The molecule has 0 unspecified atom stereocenters. The van der Waals surface area contributed by atoms with Crippen LogP contribution in [0.5, 0.6) is 5.75 Å². The zero-order valence-electron chi connectivity index (χ0n) is 41.7. The van der Waals surface area contributed by atoms with E-state index in [-0.39, 0.29) is 0 Å². The highest BCUT2D eigenvalue weighted by molar-refractivity contribution is 6.09. The summed E-state index contributed by atoms with van der Waals surface area (Å²) in [5.74, 6) is 3.42. The first kappa shape index (κ1) is 45.7. The lowest BCUT2D eigenvalue weighted by Crippen LogP contribution is -2.29. The van der Waals surface area contributed by atoms with E-state index in [1.165, 1.54) is 77.9 Å². The number of hydrogen-bond donors (Lipinski definition) is 0. The molecule has 0 bridgehead atoms. The van der Waals surface area contributed by atoms with Crippen molar-refractivity contribution in [3.63, 3.8) is 0 Å². The van der Waals surface area contributed by atoms with Crippen LogP contribution in [0.1, 0.15) is 119 Å². The van der Waals surface area contributed by atoms with E-state index in [0.29, 0.717) is 30.3 Å². The molecule has 0 aliphatic carbocycles. The van der Waals surface area contributed by atoms with E-state index in [2.05, 4.69) is 234 Å². The Morgan fingerprint density at radius 1 is 0.551 bits per heavy atom. The minimum atomic E-state index is 0.380. The number of fused-ring (bicyclic) bond motifs is 4. The van der Waals surface area contributed by atoms with Gasteiger partial charge in [-0.15, -0.1) is 0 Å². The van der Waals surface area contributed by atoms with Crippen LogP contribution in [0.15, 0.2) is 170 Å². The smallest absolute Gasteiger partial charge is 0.138 e. The monoisotopic (exact) mass is 907 g/mol. The van der Waals surface area contributed by atoms with Gasteiger partial charge in [0.2, 0.25) is 0 Å². The summed E-state index contributed by atoms with van der Waals surface area (Å²) in [6.45, 7) is 20.7. The molecular weight excluding hydrogens is 841 g/mol. The predicted molar refractivity (Wildman–Crippen MR) is 292 cm³/mol. The van der Waals surface area contributed by atoms with E-state index in [9.17, 15) is 0 Å². The van der Waals surface area contributed by atoms with E-state index in [0.717, 1.165) is 54.2 Å². The van der Waals surface area contributed by atoms with Crippen LogP contribution in [0.3, 0.4) is 0 Å². The summed E-state index contributed by atoms with van der Waals surface area (Å²) >= 11 is 0. The maximum Gasteiger partial charge on any atom is 0.138 e. The zero-order valence-corrected chi connectivity index (χ0v) is 41.7. The minimum Gasteiger partial charge on any atom is -0.489 e. The number of rotatable bonds is 15. The van der Waals surface area contributed by atoms with Crippen LogP contribution in [0.4, 0.5) is 17.1 Å². The average Bonchev–Trinajstić information content (AvgIpc) is 3.91. The van der Waals surface area contributed by atoms with Crippen molar-refractivity contribution in [3.8, 4) is 33.8 Å². The molecular formula is C64H66N4O. The van der Waals surface area contributed by atoms with Gasteiger partial charge in [0.25, 0.3) is 0 Å². The minimum absolute atomic E-state index is 0.380. The molecule has 348 valence electrons. The fraction of sp³-hybridized carbons (Fsp3) is 0.266. The van der Waals surface area contributed by atoms with E-state index in [1.54, 1.807) is 0 Å². The predicted octanol–water partition coefficient (Wildman–Crippen LogP) is 17.1. The molecule has 1 aliphatic rings. The fourth-order valence-corrected chi connectivity index (χ4v) is 10.7. The number of aromatic nitrogens is 2. The average molecular weight is 907 g/mol. The standard InChI is InChI=1S/C64H66N4O/c1-42(2)49-36-57(44(5)6)64(58(37-49)45(7)8)48-32-33-65-63(38-48)68-59-27-13-12-23-55(59)56-31-30-51(39-62(56)68)69-40-46-19-16-22-50(35-46)67-41-66(60-28-14-15-29-61(60)67)34-18-26-54-52(43(3)4)24-17-25-53(54)47-20-10-9-11-21-47/h9-17,19-25,27-33,35-39,42-45H,18,26,34,40-41H2,1-8H3. The highest BCUT2D eigenvalue weighted by atomic mass is 16.5. The molecule has 5 nitrogen and oxygen atoms in total. The number of nitrogens with zero attached hydrogens (tertiary/aromatic N) is 4. The van der Waals surface area contributed by atoms with Crippen molar-refractivity contribution in [3.05, 3.63) is 203 Å². The molecule has 2 aromatic heterocycles. The van der Waals surface area contributed by atoms with Gasteiger partial charge in [-0.25, -0.2) is 4.98 Å². The summed E-state index contributed by atoms with van der Waals surface area (Å²) in [6.07, 6.45) is 4.08. The van der Waals surface area contributed by atoms with Gasteiger partial charge in [-0.1, -0.05) is 159 Å². The molecule has 0 radical (unpaired) electrons. The number of hydrogen-bond acceptors (Lipinski definition) is 4. The Hall–Kier alpha value is -7.11. The molecule has 5 heteroatoms. The quantitative estimate of drug-likeness (QED) is 0.103. The lowest BCUT2D eigenvalue weighted by atomic mass is 9.82. The van der Waals surface area contributed by atoms with Gasteiger partial charge < -0.3 is 14.5 Å². The third-order valence-electron chi connectivity index (χ3n) is 14.3. The SMILES string of the molecule is CC(C)c1cc(C(C)C)c(-c2ccnc(-n3c4ccccc4c4ccc(OCc5cccc(N6CN(CCCc7c(-c8ccccc8)cccc7C(C)C)c7ccccc76)c5)cc43)c2)c(C(C)C)c1.